The fourth-order valence-electron chi connectivity index (χ4n) is 0.713. The third kappa shape index (κ3) is 9.34. The van der Waals surface area contributed by atoms with E-state index in [2.05, 4.69) is 38.3 Å². The van der Waals surface area contributed by atoms with Crippen molar-refractivity contribution in [3.63, 3.8) is 0 Å². The second-order valence-corrected chi connectivity index (χ2v) is 4.04. The molecule has 0 aliphatic carbocycles. The van der Waals surface area contributed by atoms with Crippen LogP contribution in [0.3, 0.4) is 0 Å². The minimum absolute atomic E-state index is 0.170. The van der Waals surface area contributed by atoms with Gasteiger partial charge in [0.15, 0.2) is 0 Å². The van der Waals surface area contributed by atoms with E-state index < -0.39 is 0 Å². The number of hydrogen-bond acceptors (Lipinski definition) is 2. The molecule has 0 rings (SSSR count). The molecule has 0 aliphatic rings. The highest BCUT2D eigenvalue weighted by Crippen LogP contribution is 1.96. The highest BCUT2D eigenvalue weighted by Gasteiger charge is 2.03. The highest BCUT2D eigenvalue weighted by molar-refractivity contribution is 4.83. The van der Waals surface area contributed by atoms with Crippen molar-refractivity contribution in [1.29, 1.82) is 0 Å². The summed E-state index contributed by atoms with van der Waals surface area (Å²) in [6.45, 7) is 9.69. The lowest BCUT2D eigenvalue weighted by Gasteiger charge is -2.18. The summed E-state index contributed by atoms with van der Waals surface area (Å²) in [6, 6.07) is 0. The summed E-state index contributed by atoms with van der Waals surface area (Å²) in [6.07, 6.45) is 6.42. The molecular formula is C10H22N2. The van der Waals surface area contributed by atoms with Crippen LogP contribution in [-0.4, -0.2) is 12.1 Å². The molecule has 2 heteroatoms. The molecule has 0 radical (unpaired) electrons. The quantitative estimate of drug-likeness (QED) is 0.618. The second-order valence-electron chi connectivity index (χ2n) is 4.04. The van der Waals surface area contributed by atoms with Gasteiger partial charge in [-0.2, -0.15) is 0 Å². The molecule has 0 aromatic heterocycles. The molecule has 2 N–H and O–H groups in total. The van der Waals surface area contributed by atoms with Crippen molar-refractivity contribution in [2.45, 2.75) is 46.1 Å². The van der Waals surface area contributed by atoms with E-state index in [1.54, 1.807) is 0 Å². The van der Waals surface area contributed by atoms with Gasteiger partial charge in [0.25, 0.3) is 0 Å². The molecule has 0 aromatic carbocycles. The van der Waals surface area contributed by atoms with Gasteiger partial charge in [0.05, 0.1) is 0 Å². The van der Waals surface area contributed by atoms with E-state index in [1.165, 1.54) is 12.8 Å². The topological polar surface area (TPSA) is 24.1 Å². The van der Waals surface area contributed by atoms with Crippen molar-refractivity contribution in [2.75, 3.05) is 6.54 Å². The van der Waals surface area contributed by atoms with E-state index >= 15 is 0 Å². The highest BCUT2D eigenvalue weighted by atomic mass is 14.9. The molecule has 0 spiro atoms. The zero-order chi connectivity index (χ0) is 9.45. The molecule has 0 saturated heterocycles. The lowest BCUT2D eigenvalue weighted by Crippen LogP contribution is -2.31. The van der Waals surface area contributed by atoms with Crippen LogP contribution < -0.4 is 10.6 Å². The number of unbranched alkanes of at least 4 members (excludes halogenated alkanes) is 1. The summed E-state index contributed by atoms with van der Waals surface area (Å²) < 4.78 is 0. The SMILES string of the molecule is CCCCN/C=C\NC(C)(C)C. The first-order valence-corrected chi connectivity index (χ1v) is 4.72. The van der Waals surface area contributed by atoms with Crippen LogP contribution in [0.15, 0.2) is 12.4 Å². The molecule has 0 aliphatic heterocycles. The molecule has 12 heavy (non-hydrogen) atoms. The average molecular weight is 170 g/mol. The third-order valence-electron chi connectivity index (χ3n) is 1.39. The van der Waals surface area contributed by atoms with Gasteiger partial charge >= 0.3 is 0 Å². The Labute approximate surface area is 76.4 Å². The number of hydrogen-bond donors (Lipinski definition) is 2. The average Bonchev–Trinajstić information content (AvgIpc) is 1.94. The van der Waals surface area contributed by atoms with Crippen LogP contribution in [0.4, 0.5) is 0 Å². The van der Waals surface area contributed by atoms with Crippen LogP contribution in [0.2, 0.25) is 0 Å². The fraction of sp³-hybridized carbons (Fsp3) is 0.800. The van der Waals surface area contributed by atoms with E-state index in [0.29, 0.717) is 0 Å². The summed E-state index contributed by atoms with van der Waals surface area (Å²) in [5, 5.41) is 6.47. The molecule has 0 unspecified atom stereocenters. The molecule has 0 bridgehead atoms. The molecule has 0 fully saturated rings. The first kappa shape index (κ1) is 11.3. The Kier molecular flexibility index (Phi) is 5.60. The zero-order valence-electron chi connectivity index (χ0n) is 8.78. The van der Waals surface area contributed by atoms with Crippen LogP contribution in [0.5, 0.6) is 0 Å². The fourth-order valence-corrected chi connectivity index (χ4v) is 0.713. The van der Waals surface area contributed by atoms with Crippen LogP contribution >= 0.6 is 0 Å². The molecule has 2 nitrogen and oxygen atoms in total. The van der Waals surface area contributed by atoms with Crippen molar-refractivity contribution >= 4 is 0 Å². The van der Waals surface area contributed by atoms with Gasteiger partial charge in [0.2, 0.25) is 0 Å². The largest absolute Gasteiger partial charge is 0.390 e. The number of rotatable bonds is 5. The maximum atomic E-state index is 3.26. The molecule has 0 aromatic rings. The predicted octanol–water partition coefficient (Wildman–Crippen LogP) is 2.24. The normalized spacial score (nSPS) is 12.0. The Bertz CT molecular complexity index is 122. The summed E-state index contributed by atoms with van der Waals surface area (Å²) in [5.41, 5.74) is 0.170. The lowest BCUT2D eigenvalue weighted by atomic mass is 10.1. The number of nitrogens with one attached hydrogen (secondary N) is 2. The standard InChI is InChI=1S/C10H22N2/c1-5-6-7-11-8-9-12-10(2,3)4/h8-9,11-12H,5-7H2,1-4H3/b9-8-. The summed E-state index contributed by atoms with van der Waals surface area (Å²) in [5.74, 6) is 0. The maximum absolute atomic E-state index is 3.26. The monoisotopic (exact) mass is 170 g/mol. The van der Waals surface area contributed by atoms with Crippen molar-refractivity contribution in [3.05, 3.63) is 12.4 Å². The van der Waals surface area contributed by atoms with Crippen molar-refractivity contribution in [2.24, 2.45) is 0 Å². The maximum Gasteiger partial charge on any atom is 0.0284 e. The van der Waals surface area contributed by atoms with Gasteiger partial charge in [0.1, 0.15) is 0 Å². The van der Waals surface area contributed by atoms with Gasteiger partial charge in [-0.15, -0.1) is 0 Å². The molecule has 0 amide bonds. The van der Waals surface area contributed by atoms with Gasteiger partial charge in [-0.1, -0.05) is 13.3 Å². The van der Waals surface area contributed by atoms with Crippen molar-refractivity contribution in [3.8, 4) is 0 Å². The van der Waals surface area contributed by atoms with Crippen LogP contribution in [0, 0.1) is 0 Å². The van der Waals surface area contributed by atoms with E-state index in [-0.39, 0.29) is 5.54 Å². The summed E-state index contributed by atoms with van der Waals surface area (Å²) in [7, 11) is 0. The molecular weight excluding hydrogens is 148 g/mol. The van der Waals surface area contributed by atoms with Crippen LogP contribution in [0.1, 0.15) is 40.5 Å². The van der Waals surface area contributed by atoms with Crippen molar-refractivity contribution < 1.29 is 0 Å². The first-order chi connectivity index (χ1) is 5.56. The minimum Gasteiger partial charge on any atom is -0.390 e. The Morgan fingerprint density at radius 2 is 1.83 bits per heavy atom. The van der Waals surface area contributed by atoms with E-state index in [4.69, 9.17) is 0 Å². The zero-order valence-corrected chi connectivity index (χ0v) is 8.78. The van der Waals surface area contributed by atoms with Gasteiger partial charge in [-0.25, -0.2) is 0 Å². The Morgan fingerprint density at radius 1 is 1.17 bits per heavy atom. The minimum atomic E-state index is 0.170. The van der Waals surface area contributed by atoms with E-state index in [0.717, 1.165) is 6.54 Å². The smallest absolute Gasteiger partial charge is 0.0284 e. The summed E-state index contributed by atoms with van der Waals surface area (Å²) >= 11 is 0. The predicted molar refractivity (Wildman–Crippen MR) is 54.9 cm³/mol. The molecule has 0 saturated carbocycles. The lowest BCUT2D eigenvalue weighted by molar-refractivity contribution is 0.489. The molecule has 0 heterocycles. The van der Waals surface area contributed by atoms with E-state index in [1.807, 2.05) is 12.4 Å². The Balaban J connectivity index is 3.26. The molecule has 0 atom stereocenters. The van der Waals surface area contributed by atoms with Crippen LogP contribution in [0.25, 0.3) is 0 Å². The van der Waals surface area contributed by atoms with E-state index in [9.17, 15) is 0 Å². The molecule has 72 valence electrons. The van der Waals surface area contributed by atoms with Gasteiger partial charge in [-0.05, 0) is 27.2 Å². The Hall–Kier alpha value is -0.660. The van der Waals surface area contributed by atoms with Crippen molar-refractivity contribution in [1.82, 2.24) is 10.6 Å². The van der Waals surface area contributed by atoms with Gasteiger partial charge in [-0.3, -0.25) is 0 Å². The first-order valence-electron chi connectivity index (χ1n) is 4.72. The third-order valence-corrected chi connectivity index (χ3v) is 1.39. The van der Waals surface area contributed by atoms with Gasteiger partial charge in [0, 0.05) is 24.5 Å². The summed E-state index contributed by atoms with van der Waals surface area (Å²) in [4.78, 5) is 0. The Morgan fingerprint density at radius 3 is 2.33 bits per heavy atom. The van der Waals surface area contributed by atoms with Gasteiger partial charge < -0.3 is 10.6 Å². The van der Waals surface area contributed by atoms with Crippen LogP contribution in [-0.2, 0) is 0 Å². The second kappa shape index (κ2) is 5.92.